The minimum Gasteiger partial charge on any atom is -0.497 e. The highest BCUT2D eigenvalue weighted by Crippen LogP contribution is 2.39. The van der Waals surface area contributed by atoms with Gasteiger partial charge in [0.2, 0.25) is 5.95 Å². The van der Waals surface area contributed by atoms with Crippen LogP contribution in [-0.2, 0) is 6.54 Å². The molecule has 2 fully saturated rings. The number of halogens is 1. The standard InChI is InChI=1S/C38H41FN10O4/c1-24(26-7-13-31(53-4)14-8-26)48(38(50)51)28-19-32(34(39)33(20-28)46-17-15-45(2)16-18-46)42-37-43-36(35-41-22-29(21-40)49(35)44-37)47(27-9-10-27)23-25-5-11-30(52-3)12-6-25/h5-8,11-14,19-20,22,24,27H,9-10,15-18,23H2,1-4H3,(H,42,44)(H,50,51). The van der Waals surface area contributed by atoms with Gasteiger partial charge in [-0.2, -0.15) is 14.8 Å². The number of aromatic nitrogens is 4. The predicted molar refractivity (Wildman–Crippen MR) is 199 cm³/mol. The van der Waals surface area contributed by atoms with Crippen molar-refractivity contribution in [2.24, 2.45) is 0 Å². The number of imidazole rings is 1. The molecule has 0 radical (unpaired) electrons. The van der Waals surface area contributed by atoms with Gasteiger partial charge in [-0.05, 0) is 74.3 Å². The second-order valence-electron chi connectivity index (χ2n) is 13.3. The van der Waals surface area contributed by atoms with Crippen LogP contribution in [0.15, 0.2) is 66.9 Å². The number of methoxy groups -OCH3 is 2. The fourth-order valence-electron chi connectivity index (χ4n) is 6.63. The number of carboxylic acid groups (broad SMARTS) is 1. The monoisotopic (exact) mass is 720 g/mol. The molecule has 1 atom stereocenters. The molecule has 15 heteroatoms. The summed E-state index contributed by atoms with van der Waals surface area (Å²) in [5.41, 5.74) is 2.84. The molecule has 2 aliphatic rings. The third kappa shape index (κ3) is 7.31. The van der Waals surface area contributed by atoms with E-state index in [1.165, 1.54) is 21.7 Å². The van der Waals surface area contributed by atoms with Gasteiger partial charge in [0.15, 0.2) is 23.0 Å². The minimum absolute atomic E-state index is 0.0124. The molecule has 1 saturated carbocycles. The van der Waals surface area contributed by atoms with Crippen molar-refractivity contribution in [2.45, 2.75) is 38.4 Å². The summed E-state index contributed by atoms with van der Waals surface area (Å²) < 4.78 is 28.8. The van der Waals surface area contributed by atoms with Crippen molar-refractivity contribution in [3.63, 3.8) is 0 Å². The fourth-order valence-corrected chi connectivity index (χ4v) is 6.63. The number of rotatable bonds is 12. The lowest BCUT2D eigenvalue weighted by Crippen LogP contribution is -2.45. The first-order valence-electron chi connectivity index (χ1n) is 17.4. The maximum atomic E-state index is 16.8. The van der Waals surface area contributed by atoms with Crippen LogP contribution in [0.2, 0.25) is 0 Å². The van der Waals surface area contributed by atoms with Gasteiger partial charge >= 0.3 is 6.09 Å². The lowest BCUT2D eigenvalue weighted by molar-refractivity contribution is 0.199. The molecule has 1 unspecified atom stereocenters. The first kappa shape index (κ1) is 35.3. The van der Waals surface area contributed by atoms with Gasteiger partial charge in [0.05, 0.1) is 43.5 Å². The molecule has 5 aromatic rings. The molecule has 1 saturated heterocycles. The van der Waals surface area contributed by atoms with Crippen LogP contribution >= 0.6 is 0 Å². The number of amides is 1. The molecule has 1 amide bonds. The summed E-state index contributed by atoms with van der Waals surface area (Å²) in [5, 5.41) is 28.2. The van der Waals surface area contributed by atoms with E-state index in [9.17, 15) is 15.2 Å². The maximum Gasteiger partial charge on any atom is 0.412 e. The predicted octanol–water partition coefficient (Wildman–Crippen LogP) is 6.06. The van der Waals surface area contributed by atoms with E-state index in [0.29, 0.717) is 49.9 Å². The van der Waals surface area contributed by atoms with Crippen molar-refractivity contribution in [1.29, 1.82) is 5.26 Å². The zero-order chi connectivity index (χ0) is 37.2. The second-order valence-corrected chi connectivity index (χ2v) is 13.3. The average Bonchev–Trinajstić information content (AvgIpc) is 3.93. The van der Waals surface area contributed by atoms with Crippen LogP contribution in [0.4, 0.5) is 38.0 Å². The summed E-state index contributed by atoms with van der Waals surface area (Å²) in [5.74, 6) is 1.32. The van der Waals surface area contributed by atoms with Gasteiger partial charge in [0, 0.05) is 38.8 Å². The molecule has 1 aliphatic heterocycles. The summed E-state index contributed by atoms with van der Waals surface area (Å²) in [6.45, 7) is 4.80. The highest BCUT2D eigenvalue weighted by Gasteiger charge is 2.33. The van der Waals surface area contributed by atoms with Gasteiger partial charge in [-0.15, -0.1) is 5.10 Å². The van der Waals surface area contributed by atoms with Crippen molar-refractivity contribution < 1.29 is 23.8 Å². The molecule has 7 rings (SSSR count). The van der Waals surface area contributed by atoms with E-state index in [4.69, 9.17) is 14.5 Å². The van der Waals surface area contributed by atoms with Crippen molar-refractivity contribution in [1.82, 2.24) is 24.5 Å². The van der Waals surface area contributed by atoms with Crippen LogP contribution < -0.4 is 29.5 Å². The quantitative estimate of drug-likeness (QED) is 0.154. The number of likely N-dealkylation sites (N-methyl/N-ethyl adjacent to an activating group) is 1. The molecule has 1 aliphatic carbocycles. The zero-order valence-corrected chi connectivity index (χ0v) is 30.0. The Kier molecular flexibility index (Phi) is 9.88. The highest BCUT2D eigenvalue weighted by atomic mass is 19.1. The second kappa shape index (κ2) is 14.8. The van der Waals surface area contributed by atoms with E-state index >= 15 is 4.39 Å². The molecular weight excluding hydrogens is 679 g/mol. The number of ether oxygens (including phenoxy) is 2. The van der Waals surface area contributed by atoms with Crippen LogP contribution in [0.25, 0.3) is 5.65 Å². The van der Waals surface area contributed by atoms with Gasteiger partial charge in [0.1, 0.15) is 17.6 Å². The number of hydrogen-bond acceptors (Lipinski definition) is 11. The Balaban J connectivity index is 1.32. The van der Waals surface area contributed by atoms with E-state index < -0.39 is 18.0 Å². The molecule has 53 heavy (non-hydrogen) atoms. The lowest BCUT2D eigenvalue weighted by Gasteiger charge is -2.35. The van der Waals surface area contributed by atoms with E-state index in [0.717, 1.165) is 29.7 Å². The van der Waals surface area contributed by atoms with Crippen molar-refractivity contribution in [2.75, 3.05) is 67.5 Å². The first-order chi connectivity index (χ1) is 25.7. The number of nitrogens with one attached hydrogen (secondary N) is 1. The molecule has 2 N–H and O–H groups in total. The number of fused-ring (bicyclic) bond motifs is 1. The Labute approximate surface area is 306 Å². The number of benzene rings is 3. The van der Waals surface area contributed by atoms with Crippen molar-refractivity contribution >= 4 is 40.6 Å². The fraction of sp³-hybridized carbons (Fsp3) is 0.342. The summed E-state index contributed by atoms with van der Waals surface area (Å²) in [6.07, 6.45) is 2.13. The molecule has 14 nitrogen and oxygen atoms in total. The van der Waals surface area contributed by atoms with Crippen LogP contribution in [0.1, 0.15) is 42.6 Å². The van der Waals surface area contributed by atoms with Crippen molar-refractivity contribution in [3.8, 4) is 17.6 Å². The number of hydrogen-bond donors (Lipinski definition) is 2. The number of nitrogens with zero attached hydrogens (tertiary/aromatic N) is 9. The lowest BCUT2D eigenvalue weighted by atomic mass is 10.1. The van der Waals surface area contributed by atoms with Crippen LogP contribution in [0.3, 0.4) is 0 Å². The zero-order valence-electron chi connectivity index (χ0n) is 30.0. The molecular formula is C38H41FN10O4. The number of nitriles is 1. The Morgan fingerprint density at radius 3 is 2.32 bits per heavy atom. The highest BCUT2D eigenvalue weighted by molar-refractivity contribution is 5.89. The number of piperazine rings is 1. The van der Waals surface area contributed by atoms with Crippen LogP contribution in [0.5, 0.6) is 11.5 Å². The summed E-state index contributed by atoms with van der Waals surface area (Å²) in [4.78, 5) is 29.8. The van der Waals surface area contributed by atoms with Crippen molar-refractivity contribution in [3.05, 3.63) is 89.5 Å². The van der Waals surface area contributed by atoms with Gasteiger partial charge in [-0.1, -0.05) is 24.3 Å². The third-order valence-electron chi connectivity index (χ3n) is 9.83. The Bertz CT molecular complexity index is 2140. The van der Waals surface area contributed by atoms with Gasteiger partial charge in [-0.3, -0.25) is 4.90 Å². The van der Waals surface area contributed by atoms with Gasteiger partial charge in [-0.25, -0.2) is 14.2 Å². The van der Waals surface area contributed by atoms with E-state index in [2.05, 4.69) is 31.3 Å². The molecule has 3 aromatic carbocycles. The Morgan fingerprint density at radius 2 is 1.72 bits per heavy atom. The smallest absolute Gasteiger partial charge is 0.412 e. The number of carbonyl (C=O) groups is 1. The summed E-state index contributed by atoms with van der Waals surface area (Å²) in [7, 11) is 5.20. The van der Waals surface area contributed by atoms with Gasteiger partial charge in [0.25, 0.3) is 0 Å². The third-order valence-corrected chi connectivity index (χ3v) is 9.83. The normalized spacial score (nSPS) is 15.1. The molecule has 3 heterocycles. The van der Waals surface area contributed by atoms with E-state index in [1.54, 1.807) is 39.3 Å². The Morgan fingerprint density at radius 1 is 1.06 bits per heavy atom. The average molecular weight is 721 g/mol. The topological polar surface area (TPSA) is 148 Å². The minimum atomic E-state index is -1.20. The maximum absolute atomic E-state index is 16.8. The largest absolute Gasteiger partial charge is 0.497 e. The summed E-state index contributed by atoms with van der Waals surface area (Å²) in [6, 6.07) is 19.7. The number of anilines is 5. The first-order valence-corrected chi connectivity index (χ1v) is 17.4. The SMILES string of the molecule is COc1ccc(CN(c2nc(Nc3cc(N(C(=O)O)C(C)c4ccc(OC)cc4)cc(N4CCN(C)CC4)c3F)nn3c(C#N)cnc23)C2CC2)cc1. The van der Waals surface area contributed by atoms with Crippen LogP contribution in [0, 0.1) is 17.1 Å². The molecule has 0 bridgehead atoms. The summed E-state index contributed by atoms with van der Waals surface area (Å²) >= 11 is 0. The van der Waals surface area contributed by atoms with Crippen LogP contribution in [-0.4, -0.2) is 89.2 Å². The molecule has 2 aromatic heterocycles. The van der Waals surface area contributed by atoms with E-state index in [-0.39, 0.29) is 34.7 Å². The van der Waals surface area contributed by atoms with Gasteiger partial charge < -0.3 is 34.6 Å². The molecule has 274 valence electrons. The Hall–Kier alpha value is -6.14. The molecule has 0 spiro atoms. The van der Waals surface area contributed by atoms with E-state index in [1.807, 2.05) is 48.3 Å².